The second-order valence-corrected chi connectivity index (χ2v) is 4.85. The monoisotopic (exact) mass is 191 g/mol. The Labute approximate surface area is 84.3 Å². The molecule has 1 aromatic rings. The van der Waals surface area contributed by atoms with E-state index in [4.69, 9.17) is 0 Å². The SMILES string of the molecule is CC(C)c1n[nH]c2c1C1CCC(C2)N1. The Balaban J connectivity index is 2.08. The fourth-order valence-corrected chi connectivity index (χ4v) is 2.84. The molecule has 0 saturated carbocycles. The second kappa shape index (κ2) is 2.83. The summed E-state index contributed by atoms with van der Waals surface area (Å²) in [6, 6.07) is 1.29. The fourth-order valence-electron chi connectivity index (χ4n) is 2.84. The Kier molecular flexibility index (Phi) is 1.71. The Morgan fingerprint density at radius 2 is 2.21 bits per heavy atom. The van der Waals surface area contributed by atoms with E-state index in [-0.39, 0.29) is 0 Å². The molecule has 3 heteroatoms. The lowest BCUT2D eigenvalue weighted by Crippen LogP contribution is -2.31. The van der Waals surface area contributed by atoms with E-state index in [2.05, 4.69) is 29.4 Å². The third-order valence-corrected chi connectivity index (χ3v) is 3.50. The molecule has 3 heterocycles. The maximum absolute atomic E-state index is 4.45. The van der Waals surface area contributed by atoms with Crippen molar-refractivity contribution in [3.8, 4) is 0 Å². The van der Waals surface area contributed by atoms with E-state index in [1.807, 2.05) is 0 Å². The maximum Gasteiger partial charge on any atom is 0.0698 e. The summed E-state index contributed by atoms with van der Waals surface area (Å²) >= 11 is 0. The van der Waals surface area contributed by atoms with Crippen LogP contribution in [0.2, 0.25) is 0 Å². The third-order valence-electron chi connectivity index (χ3n) is 3.50. The van der Waals surface area contributed by atoms with Crippen LogP contribution in [0.15, 0.2) is 0 Å². The lowest BCUT2D eigenvalue weighted by atomic mass is 9.95. The lowest BCUT2D eigenvalue weighted by molar-refractivity contribution is 0.507. The van der Waals surface area contributed by atoms with E-state index in [0.29, 0.717) is 18.0 Å². The summed E-state index contributed by atoms with van der Waals surface area (Å²) in [6.07, 6.45) is 3.76. The van der Waals surface area contributed by atoms with E-state index in [1.54, 1.807) is 0 Å². The molecule has 1 fully saturated rings. The van der Waals surface area contributed by atoms with Crippen molar-refractivity contribution < 1.29 is 0 Å². The molecular weight excluding hydrogens is 174 g/mol. The maximum atomic E-state index is 4.45. The summed E-state index contributed by atoms with van der Waals surface area (Å²) in [6.45, 7) is 4.44. The zero-order chi connectivity index (χ0) is 9.71. The summed E-state index contributed by atoms with van der Waals surface area (Å²) in [5.41, 5.74) is 4.14. The number of hydrogen-bond acceptors (Lipinski definition) is 2. The summed E-state index contributed by atoms with van der Waals surface area (Å²) in [5, 5.41) is 11.3. The van der Waals surface area contributed by atoms with Crippen LogP contribution in [0, 0.1) is 0 Å². The highest BCUT2D eigenvalue weighted by atomic mass is 15.2. The highest BCUT2D eigenvalue weighted by Crippen LogP contribution is 2.38. The average Bonchev–Trinajstić information content (AvgIpc) is 2.71. The van der Waals surface area contributed by atoms with Gasteiger partial charge in [0.1, 0.15) is 0 Å². The predicted octanol–water partition coefficient (Wildman–Crippen LogP) is 1.88. The normalized spacial score (nSPS) is 29.6. The Bertz CT molecular complexity index is 353. The van der Waals surface area contributed by atoms with Gasteiger partial charge in [-0.1, -0.05) is 13.8 Å². The van der Waals surface area contributed by atoms with Crippen LogP contribution in [0.3, 0.4) is 0 Å². The molecule has 0 radical (unpaired) electrons. The first-order valence-corrected chi connectivity index (χ1v) is 5.58. The van der Waals surface area contributed by atoms with Crippen molar-refractivity contribution in [2.24, 2.45) is 0 Å². The van der Waals surface area contributed by atoms with E-state index < -0.39 is 0 Å². The molecule has 2 atom stereocenters. The number of nitrogens with one attached hydrogen (secondary N) is 2. The number of H-pyrrole nitrogens is 1. The zero-order valence-corrected chi connectivity index (χ0v) is 8.80. The van der Waals surface area contributed by atoms with Crippen LogP contribution in [-0.2, 0) is 6.42 Å². The van der Waals surface area contributed by atoms with Crippen molar-refractivity contribution in [3.05, 3.63) is 17.0 Å². The number of hydrogen-bond donors (Lipinski definition) is 2. The minimum Gasteiger partial charge on any atom is -0.307 e. The summed E-state index contributed by atoms with van der Waals surface area (Å²) < 4.78 is 0. The van der Waals surface area contributed by atoms with E-state index >= 15 is 0 Å². The van der Waals surface area contributed by atoms with Gasteiger partial charge in [-0.15, -0.1) is 0 Å². The highest BCUT2D eigenvalue weighted by molar-refractivity contribution is 5.35. The van der Waals surface area contributed by atoms with Gasteiger partial charge in [0, 0.05) is 29.8 Å². The Morgan fingerprint density at radius 3 is 3.00 bits per heavy atom. The van der Waals surface area contributed by atoms with Gasteiger partial charge in [0.2, 0.25) is 0 Å². The molecule has 3 nitrogen and oxygen atoms in total. The van der Waals surface area contributed by atoms with Crippen molar-refractivity contribution in [2.45, 2.75) is 51.1 Å². The molecule has 3 rings (SSSR count). The number of fused-ring (bicyclic) bond motifs is 4. The van der Waals surface area contributed by atoms with Gasteiger partial charge >= 0.3 is 0 Å². The number of rotatable bonds is 1. The third kappa shape index (κ3) is 1.05. The molecule has 0 spiro atoms. The van der Waals surface area contributed by atoms with Gasteiger partial charge in [-0.25, -0.2) is 0 Å². The number of nitrogens with zero attached hydrogens (tertiary/aromatic N) is 1. The van der Waals surface area contributed by atoms with Gasteiger partial charge in [-0.2, -0.15) is 5.10 Å². The molecule has 14 heavy (non-hydrogen) atoms. The van der Waals surface area contributed by atoms with Crippen molar-refractivity contribution in [1.82, 2.24) is 15.5 Å². The first kappa shape index (κ1) is 8.48. The molecule has 0 aromatic carbocycles. The van der Waals surface area contributed by atoms with Crippen molar-refractivity contribution >= 4 is 0 Å². The average molecular weight is 191 g/mol. The zero-order valence-electron chi connectivity index (χ0n) is 8.80. The topological polar surface area (TPSA) is 40.7 Å². The van der Waals surface area contributed by atoms with Crippen LogP contribution in [0.5, 0.6) is 0 Å². The van der Waals surface area contributed by atoms with Crippen LogP contribution >= 0.6 is 0 Å². The van der Waals surface area contributed by atoms with E-state index in [9.17, 15) is 0 Å². The quantitative estimate of drug-likeness (QED) is 0.711. The predicted molar refractivity (Wildman–Crippen MR) is 55.3 cm³/mol. The van der Waals surface area contributed by atoms with Crippen molar-refractivity contribution in [3.63, 3.8) is 0 Å². The largest absolute Gasteiger partial charge is 0.307 e. The highest BCUT2D eigenvalue weighted by Gasteiger charge is 2.35. The van der Waals surface area contributed by atoms with Crippen molar-refractivity contribution in [2.75, 3.05) is 0 Å². The molecule has 1 saturated heterocycles. The minimum absolute atomic E-state index is 0.536. The number of aromatic nitrogens is 2. The van der Waals surface area contributed by atoms with Crippen LogP contribution < -0.4 is 5.32 Å². The number of aromatic amines is 1. The van der Waals surface area contributed by atoms with Gasteiger partial charge in [-0.05, 0) is 18.8 Å². The Hall–Kier alpha value is -0.830. The van der Waals surface area contributed by atoms with Crippen LogP contribution in [0.1, 0.15) is 55.6 Å². The molecule has 2 unspecified atom stereocenters. The van der Waals surface area contributed by atoms with Gasteiger partial charge in [-0.3, -0.25) is 5.10 Å². The Morgan fingerprint density at radius 1 is 1.36 bits per heavy atom. The van der Waals surface area contributed by atoms with Gasteiger partial charge in [0.05, 0.1) is 5.69 Å². The standard InChI is InChI=1S/C11H17N3/c1-6(2)11-10-8-4-3-7(12-8)5-9(10)13-14-11/h6-8,12H,3-5H2,1-2H3,(H,13,14). The van der Waals surface area contributed by atoms with Gasteiger partial charge in [0.15, 0.2) is 0 Å². The van der Waals surface area contributed by atoms with Crippen LogP contribution in [0.25, 0.3) is 0 Å². The lowest BCUT2D eigenvalue weighted by Gasteiger charge is -2.22. The molecule has 2 bridgehead atoms. The van der Waals surface area contributed by atoms with Crippen molar-refractivity contribution in [1.29, 1.82) is 0 Å². The summed E-state index contributed by atoms with van der Waals surface area (Å²) in [4.78, 5) is 0. The van der Waals surface area contributed by atoms with Crippen LogP contribution in [0.4, 0.5) is 0 Å². The summed E-state index contributed by atoms with van der Waals surface area (Å²) in [7, 11) is 0. The molecule has 2 aliphatic heterocycles. The molecule has 2 N–H and O–H groups in total. The second-order valence-electron chi connectivity index (χ2n) is 4.85. The fraction of sp³-hybridized carbons (Fsp3) is 0.727. The van der Waals surface area contributed by atoms with Gasteiger partial charge < -0.3 is 5.32 Å². The smallest absolute Gasteiger partial charge is 0.0698 e. The summed E-state index contributed by atoms with van der Waals surface area (Å²) in [5.74, 6) is 0.536. The molecule has 0 aliphatic carbocycles. The van der Waals surface area contributed by atoms with E-state index in [1.165, 1.54) is 29.8 Å². The molecule has 2 aliphatic rings. The molecular formula is C11H17N3. The first-order chi connectivity index (χ1) is 6.75. The van der Waals surface area contributed by atoms with Crippen LogP contribution in [-0.4, -0.2) is 16.2 Å². The van der Waals surface area contributed by atoms with Gasteiger partial charge in [0.25, 0.3) is 0 Å². The molecule has 1 aromatic heterocycles. The molecule has 0 amide bonds. The van der Waals surface area contributed by atoms with E-state index in [0.717, 1.165) is 6.42 Å². The molecule has 76 valence electrons. The minimum atomic E-state index is 0.536. The first-order valence-electron chi connectivity index (χ1n) is 5.58.